The zero-order valence-corrected chi connectivity index (χ0v) is 21.3. The highest BCUT2D eigenvalue weighted by Gasteiger charge is 2.28. The average molecular weight is 569 g/mol. The fourth-order valence-corrected chi connectivity index (χ4v) is 4.39. The molecule has 0 bridgehead atoms. The highest BCUT2D eigenvalue weighted by molar-refractivity contribution is 14.0. The maximum absolute atomic E-state index is 12.5. The van der Waals surface area contributed by atoms with Crippen molar-refractivity contribution in [1.29, 1.82) is 0 Å². The van der Waals surface area contributed by atoms with Crippen LogP contribution in [-0.2, 0) is 21.3 Å². The predicted octanol–water partition coefficient (Wildman–Crippen LogP) is 2.05. The van der Waals surface area contributed by atoms with Crippen LogP contribution in [0.1, 0.15) is 26.3 Å². The third-order valence-electron chi connectivity index (χ3n) is 4.65. The molecular formula is C19H32IN5O5S. The average Bonchev–Trinajstić information content (AvgIpc) is 2.71. The van der Waals surface area contributed by atoms with Gasteiger partial charge in [0.05, 0.1) is 35.5 Å². The normalized spacial score (nSPS) is 15.6. The van der Waals surface area contributed by atoms with Crippen LogP contribution >= 0.6 is 24.0 Å². The van der Waals surface area contributed by atoms with Crippen LogP contribution in [0.2, 0.25) is 0 Å². The number of rotatable bonds is 9. The Morgan fingerprint density at radius 2 is 1.90 bits per heavy atom. The largest absolute Gasteiger partial charge is 0.378 e. The van der Waals surface area contributed by atoms with Gasteiger partial charge in [-0.1, -0.05) is 18.2 Å². The summed E-state index contributed by atoms with van der Waals surface area (Å²) in [5.74, 6) is 0.590. The van der Waals surface area contributed by atoms with Gasteiger partial charge < -0.3 is 15.0 Å². The fourth-order valence-electron chi connectivity index (χ4n) is 3.10. The van der Waals surface area contributed by atoms with E-state index in [0.29, 0.717) is 44.2 Å². The number of nitrogens with one attached hydrogen (secondary N) is 1. The number of piperazine rings is 1. The quantitative estimate of drug-likeness (QED) is 0.159. The lowest BCUT2D eigenvalue weighted by Gasteiger charge is -2.35. The van der Waals surface area contributed by atoms with Crippen molar-refractivity contribution in [2.45, 2.75) is 33.4 Å². The Bertz CT molecular complexity index is 842. The fraction of sp³-hybridized carbons (Fsp3) is 0.632. The van der Waals surface area contributed by atoms with Crippen LogP contribution in [0.25, 0.3) is 0 Å². The minimum Gasteiger partial charge on any atom is -0.378 e. The van der Waals surface area contributed by atoms with Crippen molar-refractivity contribution in [3.63, 3.8) is 0 Å². The van der Waals surface area contributed by atoms with E-state index >= 15 is 0 Å². The van der Waals surface area contributed by atoms with E-state index in [0.717, 1.165) is 0 Å². The first-order chi connectivity index (χ1) is 14.2. The van der Waals surface area contributed by atoms with Gasteiger partial charge in [0, 0.05) is 38.8 Å². The SMILES string of the molecule is CCNC(=NCc1ccccc1[N+](=O)[O-])N1CCN(S(=O)(=O)CCOC(C)C)CC1.I. The molecule has 2 rings (SSSR count). The molecule has 31 heavy (non-hydrogen) atoms. The van der Waals surface area contributed by atoms with E-state index < -0.39 is 14.9 Å². The minimum atomic E-state index is -3.36. The first kappa shape index (κ1) is 27.5. The number of benzene rings is 1. The summed E-state index contributed by atoms with van der Waals surface area (Å²) in [4.78, 5) is 17.3. The Hall–Kier alpha value is -1.51. The Kier molecular flexibility index (Phi) is 11.7. The molecule has 0 aliphatic carbocycles. The smallest absolute Gasteiger partial charge is 0.274 e. The van der Waals surface area contributed by atoms with Gasteiger partial charge in [-0.25, -0.2) is 13.4 Å². The van der Waals surface area contributed by atoms with Crippen LogP contribution in [0.5, 0.6) is 0 Å². The van der Waals surface area contributed by atoms with E-state index in [4.69, 9.17) is 4.74 Å². The zero-order valence-electron chi connectivity index (χ0n) is 18.2. The van der Waals surface area contributed by atoms with Crippen LogP contribution in [0.3, 0.4) is 0 Å². The molecule has 0 unspecified atom stereocenters. The van der Waals surface area contributed by atoms with Crippen LogP contribution in [0.15, 0.2) is 29.3 Å². The molecule has 0 atom stereocenters. The number of hydrogen-bond acceptors (Lipinski definition) is 6. The second kappa shape index (κ2) is 13.1. The van der Waals surface area contributed by atoms with Gasteiger partial charge in [0.15, 0.2) is 5.96 Å². The van der Waals surface area contributed by atoms with Gasteiger partial charge in [0.25, 0.3) is 5.69 Å². The lowest BCUT2D eigenvalue weighted by Crippen LogP contribution is -2.54. The van der Waals surface area contributed by atoms with Crippen molar-refractivity contribution in [3.05, 3.63) is 39.9 Å². The number of halogens is 1. The first-order valence-corrected chi connectivity index (χ1v) is 11.7. The molecule has 0 amide bonds. The molecule has 1 N–H and O–H groups in total. The molecule has 1 aromatic rings. The third-order valence-corrected chi connectivity index (χ3v) is 6.48. The summed E-state index contributed by atoms with van der Waals surface area (Å²) in [5.41, 5.74) is 0.570. The number of ether oxygens (including phenoxy) is 1. The molecule has 0 aromatic heterocycles. The standard InChI is InChI=1S/C19H31N5O5S.HI/c1-4-20-19(21-15-17-7-5-6-8-18(17)24(25)26)22-9-11-23(12-10-22)30(27,28)14-13-29-16(2)3;/h5-8,16H,4,9-15H2,1-3H3,(H,20,21);1H. The summed E-state index contributed by atoms with van der Waals surface area (Å²) in [6.07, 6.45) is -0.00336. The Labute approximate surface area is 201 Å². The van der Waals surface area contributed by atoms with E-state index in [1.807, 2.05) is 25.7 Å². The van der Waals surface area contributed by atoms with E-state index in [2.05, 4.69) is 10.3 Å². The summed E-state index contributed by atoms with van der Waals surface area (Å²) < 4.78 is 31.8. The number of nitro benzene ring substituents is 1. The molecule has 10 nitrogen and oxygen atoms in total. The lowest BCUT2D eigenvalue weighted by molar-refractivity contribution is -0.385. The molecule has 1 aromatic carbocycles. The molecule has 1 saturated heterocycles. The molecule has 0 saturated carbocycles. The number of guanidine groups is 1. The zero-order chi connectivity index (χ0) is 22.1. The molecule has 1 fully saturated rings. The van der Waals surface area contributed by atoms with Gasteiger partial charge in [-0.3, -0.25) is 10.1 Å². The molecule has 1 aliphatic rings. The van der Waals surface area contributed by atoms with E-state index in [1.54, 1.807) is 18.2 Å². The van der Waals surface area contributed by atoms with Crippen molar-refractivity contribution in [2.75, 3.05) is 45.1 Å². The van der Waals surface area contributed by atoms with Crippen LogP contribution in [0.4, 0.5) is 5.69 Å². The number of nitro groups is 1. The second-order valence-electron chi connectivity index (χ2n) is 7.18. The summed E-state index contributed by atoms with van der Waals surface area (Å²) >= 11 is 0. The summed E-state index contributed by atoms with van der Waals surface area (Å²) in [5, 5.41) is 14.4. The number of aliphatic imine (C=N–C) groups is 1. The summed E-state index contributed by atoms with van der Waals surface area (Å²) in [6.45, 7) is 8.38. The van der Waals surface area contributed by atoms with Gasteiger partial charge in [-0.15, -0.1) is 24.0 Å². The van der Waals surface area contributed by atoms with E-state index in [1.165, 1.54) is 10.4 Å². The molecule has 1 aliphatic heterocycles. The monoisotopic (exact) mass is 569 g/mol. The van der Waals surface area contributed by atoms with Crippen LogP contribution in [0, 0.1) is 10.1 Å². The van der Waals surface area contributed by atoms with Gasteiger partial charge in [0.2, 0.25) is 10.0 Å². The van der Waals surface area contributed by atoms with Gasteiger partial charge in [-0.05, 0) is 20.8 Å². The van der Waals surface area contributed by atoms with Crippen LogP contribution in [-0.4, -0.2) is 79.7 Å². The van der Waals surface area contributed by atoms with Crippen LogP contribution < -0.4 is 5.32 Å². The Morgan fingerprint density at radius 1 is 1.26 bits per heavy atom. The topological polar surface area (TPSA) is 117 Å². The molecule has 0 radical (unpaired) electrons. The Morgan fingerprint density at radius 3 is 2.48 bits per heavy atom. The van der Waals surface area contributed by atoms with E-state index in [9.17, 15) is 18.5 Å². The molecule has 1 heterocycles. The number of hydrogen-bond donors (Lipinski definition) is 1. The molecule has 176 valence electrons. The van der Waals surface area contributed by atoms with Crippen molar-refractivity contribution in [1.82, 2.24) is 14.5 Å². The first-order valence-electron chi connectivity index (χ1n) is 10.1. The van der Waals surface area contributed by atoms with Gasteiger partial charge in [-0.2, -0.15) is 4.31 Å². The summed E-state index contributed by atoms with van der Waals surface area (Å²) in [6, 6.07) is 6.53. The maximum Gasteiger partial charge on any atom is 0.274 e. The van der Waals surface area contributed by atoms with Crippen molar-refractivity contribution >= 4 is 45.6 Å². The maximum atomic E-state index is 12.5. The van der Waals surface area contributed by atoms with E-state index in [-0.39, 0.29) is 54.7 Å². The predicted molar refractivity (Wildman–Crippen MR) is 131 cm³/mol. The number of nitrogens with zero attached hydrogens (tertiary/aromatic N) is 4. The summed E-state index contributed by atoms with van der Waals surface area (Å²) in [7, 11) is -3.36. The minimum absolute atomic E-state index is 0. The van der Waals surface area contributed by atoms with Crippen molar-refractivity contribution in [2.24, 2.45) is 4.99 Å². The third kappa shape index (κ3) is 8.50. The van der Waals surface area contributed by atoms with Gasteiger partial charge >= 0.3 is 0 Å². The number of para-hydroxylation sites is 1. The Balaban J connectivity index is 0.00000480. The van der Waals surface area contributed by atoms with Gasteiger partial charge in [0.1, 0.15) is 0 Å². The second-order valence-corrected chi connectivity index (χ2v) is 9.27. The number of sulfonamides is 1. The molecular weight excluding hydrogens is 537 g/mol. The van der Waals surface area contributed by atoms with Crippen molar-refractivity contribution < 1.29 is 18.1 Å². The molecule has 12 heteroatoms. The highest BCUT2D eigenvalue weighted by atomic mass is 127. The van der Waals surface area contributed by atoms with Crippen molar-refractivity contribution in [3.8, 4) is 0 Å². The highest BCUT2D eigenvalue weighted by Crippen LogP contribution is 2.18. The lowest BCUT2D eigenvalue weighted by atomic mass is 10.2. The molecule has 0 spiro atoms.